The summed E-state index contributed by atoms with van der Waals surface area (Å²) in [6.45, 7) is 3.07. The summed E-state index contributed by atoms with van der Waals surface area (Å²) >= 11 is 7.62. The molecule has 1 aromatic rings. The molecule has 2 N–H and O–H groups in total. The van der Waals surface area contributed by atoms with E-state index < -0.39 is 21.4 Å². The van der Waals surface area contributed by atoms with Crippen molar-refractivity contribution in [1.29, 1.82) is 0 Å². The third-order valence-corrected chi connectivity index (χ3v) is 7.02. The Kier molecular flexibility index (Phi) is 5.59. The van der Waals surface area contributed by atoms with Crippen molar-refractivity contribution in [2.24, 2.45) is 5.41 Å². The van der Waals surface area contributed by atoms with Gasteiger partial charge in [-0.3, -0.25) is 4.79 Å². The highest BCUT2D eigenvalue weighted by Crippen LogP contribution is 2.35. The monoisotopic (exact) mass is 433 g/mol. The summed E-state index contributed by atoms with van der Waals surface area (Å²) in [5.74, 6) is -1.02. The van der Waals surface area contributed by atoms with Gasteiger partial charge in [-0.15, -0.1) is 11.3 Å². The van der Waals surface area contributed by atoms with Crippen LogP contribution in [0, 0.1) is 5.41 Å². The first-order chi connectivity index (χ1) is 8.62. The van der Waals surface area contributed by atoms with Crippen LogP contribution in [0.3, 0.4) is 0 Å². The van der Waals surface area contributed by atoms with Crippen molar-refractivity contribution in [2.45, 2.75) is 25.2 Å². The third-order valence-electron chi connectivity index (χ3n) is 2.86. The fourth-order valence-electron chi connectivity index (χ4n) is 1.19. The van der Waals surface area contributed by atoms with Crippen LogP contribution in [0.4, 0.5) is 0 Å². The zero-order valence-corrected chi connectivity index (χ0v) is 15.0. The number of carboxylic acids is 1. The number of carbonyl (C=O) groups is 1. The first-order valence-corrected chi connectivity index (χ1v) is 9.19. The molecule has 9 heteroatoms. The summed E-state index contributed by atoms with van der Waals surface area (Å²) in [6, 6.07) is 1.47. The van der Waals surface area contributed by atoms with Gasteiger partial charge < -0.3 is 5.11 Å². The van der Waals surface area contributed by atoms with Crippen molar-refractivity contribution in [2.75, 3.05) is 6.54 Å². The molecular weight excluding hydrogens is 422 g/mol. The second-order valence-electron chi connectivity index (χ2n) is 4.23. The molecule has 0 aliphatic rings. The van der Waals surface area contributed by atoms with Gasteiger partial charge in [0.15, 0.2) is 0 Å². The van der Waals surface area contributed by atoms with Crippen molar-refractivity contribution in [1.82, 2.24) is 4.72 Å². The average molecular weight is 435 g/mol. The minimum atomic E-state index is -3.73. The van der Waals surface area contributed by atoms with Gasteiger partial charge in [-0.25, -0.2) is 13.1 Å². The van der Waals surface area contributed by atoms with Crippen LogP contribution in [-0.2, 0) is 14.8 Å². The minimum absolute atomic E-state index is 0.105. The predicted octanol–water partition coefficient (Wildman–Crippen LogP) is 3.05. The lowest BCUT2D eigenvalue weighted by molar-refractivity contribution is -0.147. The SMILES string of the molecule is CCC(C)(CNS(=O)(=O)c1cc(Br)sc1Br)C(=O)O. The molecule has 0 fully saturated rings. The Bertz CT molecular complexity index is 584. The van der Waals surface area contributed by atoms with Gasteiger partial charge in [-0.05, 0) is 51.3 Å². The Morgan fingerprint density at radius 2 is 2.11 bits per heavy atom. The molecule has 1 rings (SSSR count). The minimum Gasteiger partial charge on any atom is -0.481 e. The van der Waals surface area contributed by atoms with Crippen LogP contribution in [0.15, 0.2) is 18.5 Å². The number of halogens is 2. The zero-order valence-electron chi connectivity index (χ0n) is 10.2. The summed E-state index contributed by atoms with van der Waals surface area (Å²) in [7, 11) is -3.73. The molecule has 1 unspecified atom stereocenters. The smallest absolute Gasteiger partial charge is 0.310 e. The van der Waals surface area contributed by atoms with Gasteiger partial charge in [0, 0.05) is 6.54 Å². The average Bonchev–Trinajstić information content (AvgIpc) is 2.66. The quantitative estimate of drug-likeness (QED) is 0.720. The molecule has 1 heterocycles. The van der Waals surface area contributed by atoms with Gasteiger partial charge in [-0.1, -0.05) is 6.92 Å². The number of thiophene rings is 1. The van der Waals surface area contributed by atoms with E-state index in [0.717, 1.165) is 0 Å². The van der Waals surface area contributed by atoms with Crippen LogP contribution in [0.5, 0.6) is 0 Å². The number of sulfonamides is 1. The summed E-state index contributed by atoms with van der Waals surface area (Å²) in [5.41, 5.74) is -1.12. The van der Waals surface area contributed by atoms with E-state index in [1.807, 2.05) is 0 Å². The number of hydrogen-bond donors (Lipinski definition) is 2. The van der Waals surface area contributed by atoms with Crippen LogP contribution >= 0.6 is 43.2 Å². The van der Waals surface area contributed by atoms with Crippen molar-refractivity contribution in [3.05, 3.63) is 13.6 Å². The molecule has 0 spiro atoms. The van der Waals surface area contributed by atoms with E-state index in [4.69, 9.17) is 5.11 Å². The maximum Gasteiger partial charge on any atom is 0.310 e. The molecule has 0 aliphatic heterocycles. The molecule has 0 radical (unpaired) electrons. The standard InChI is InChI=1S/C10H13Br2NO4S2/c1-3-10(2,9(14)15)5-13-19(16,17)6-4-7(11)18-8(6)12/h4,13H,3,5H2,1-2H3,(H,14,15). The predicted molar refractivity (Wildman–Crippen MR) is 80.9 cm³/mol. The van der Waals surface area contributed by atoms with E-state index in [9.17, 15) is 13.2 Å². The second kappa shape index (κ2) is 6.21. The van der Waals surface area contributed by atoms with Crippen molar-refractivity contribution in [3.63, 3.8) is 0 Å². The Labute approximate surface area is 132 Å². The number of aliphatic carboxylic acids is 1. The Morgan fingerprint density at radius 1 is 1.53 bits per heavy atom. The Balaban J connectivity index is 2.93. The van der Waals surface area contributed by atoms with Crippen molar-refractivity contribution >= 4 is 59.2 Å². The first-order valence-electron chi connectivity index (χ1n) is 5.30. The number of nitrogens with one attached hydrogen (secondary N) is 1. The summed E-state index contributed by atoms with van der Waals surface area (Å²) < 4.78 is 27.7. The van der Waals surface area contributed by atoms with E-state index in [-0.39, 0.29) is 11.4 Å². The molecule has 0 aromatic carbocycles. The highest BCUT2D eigenvalue weighted by molar-refractivity contribution is 9.12. The van der Waals surface area contributed by atoms with E-state index in [1.54, 1.807) is 6.92 Å². The van der Waals surface area contributed by atoms with Crippen LogP contribution in [0.1, 0.15) is 20.3 Å². The number of rotatable bonds is 6. The molecule has 0 aliphatic carbocycles. The normalized spacial score (nSPS) is 15.2. The fourth-order valence-corrected chi connectivity index (χ4v) is 6.17. The van der Waals surface area contributed by atoms with E-state index in [0.29, 0.717) is 14.0 Å². The molecule has 0 bridgehead atoms. The molecule has 5 nitrogen and oxygen atoms in total. The first kappa shape index (κ1) is 17.1. The molecule has 0 saturated carbocycles. The molecule has 19 heavy (non-hydrogen) atoms. The molecule has 0 saturated heterocycles. The maximum absolute atomic E-state index is 12.1. The van der Waals surface area contributed by atoms with Gasteiger partial charge >= 0.3 is 5.97 Å². The molecule has 108 valence electrons. The topological polar surface area (TPSA) is 83.5 Å². The Morgan fingerprint density at radius 3 is 2.47 bits per heavy atom. The molecule has 0 amide bonds. The largest absolute Gasteiger partial charge is 0.481 e. The summed E-state index contributed by atoms with van der Waals surface area (Å²) in [4.78, 5) is 11.2. The van der Waals surface area contributed by atoms with Gasteiger partial charge in [0.1, 0.15) is 4.90 Å². The van der Waals surface area contributed by atoms with Gasteiger partial charge in [0.2, 0.25) is 10.0 Å². The molecular formula is C10H13Br2NO4S2. The second-order valence-corrected chi connectivity index (χ2v) is 9.72. The zero-order chi connectivity index (χ0) is 14.8. The van der Waals surface area contributed by atoms with Gasteiger partial charge in [0.05, 0.1) is 13.0 Å². The summed E-state index contributed by atoms with van der Waals surface area (Å²) in [6.07, 6.45) is 0.333. The third kappa shape index (κ3) is 4.01. The number of carboxylic acid groups (broad SMARTS) is 1. The fraction of sp³-hybridized carbons (Fsp3) is 0.500. The van der Waals surface area contributed by atoms with E-state index in [1.165, 1.54) is 24.3 Å². The maximum atomic E-state index is 12.1. The van der Waals surface area contributed by atoms with Crippen LogP contribution in [-0.4, -0.2) is 26.0 Å². The van der Waals surface area contributed by atoms with Crippen molar-refractivity contribution in [3.8, 4) is 0 Å². The van der Waals surface area contributed by atoms with Crippen LogP contribution in [0.2, 0.25) is 0 Å². The lowest BCUT2D eigenvalue weighted by Gasteiger charge is -2.23. The van der Waals surface area contributed by atoms with E-state index in [2.05, 4.69) is 36.6 Å². The highest BCUT2D eigenvalue weighted by Gasteiger charge is 2.33. The molecule has 1 atom stereocenters. The van der Waals surface area contributed by atoms with E-state index >= 15 is 0 Å². The van der Waals surface area contributed by atoms with Crippen molar-refractivity contribution < 1.29 is 18.3 Å². The lowest BCUT2D eigenvalue weighted by Crippen LogP contribution is -2.40. The van der Waals surface area contributed by atoms with Crippen LogP contribution < -0.4 is 4.72 Å². The highest BCUT2D eigenvalue weighted by atomic mass is 79.9. The van der Waals surface area contributed by atoms with Crippen LogP contribution in [0.25, 0.3) is 0 Å². The van der Waals surface area contributed by atoms with Gasteiger partial charge in [-0.2, -0.15) is 0 Å². The Hall–Kier alpha value is 0.0400. The van der Waals surface area contributed by atoms with Gasteiger partial charge in [0.25, 0.3) is 0 Å². The number of hydrogen-bond acceptors (Lipinski definition) is 4. The lowest BCUT2D eigenvalue weighted by atomic mass is 9.88. The molecule has 1 aromatic heterocycles. The summed E-state index contributed by atoms with van der Waals surface area (Å²) in [5, 5.41) is 9.11.